The van der Waals surface area contributed by atoms with Crippen molar-refractivity contribution in [1.82, 2.24) is 9.13 Å². The van der Waals surface area contributed by atoms with Crippen molar-refractivity contribution in [1.29, 1.82) is 0 Å². The third-order valence-electron chi connectivity index (χ3n) is 5.76. The molecule has 2 nitrogen and oxygen atoms in total. The predicted octanol–water partition coefficient (Wildman–Crippen LogP) is 8.28. The first-order valence-electron chi connectivity index (χ1n) is 11.2. The zero-order valence-corrected chi connectivity index (χ0v) is 21.0. The van der Waals surface area contributed by atoms with Crippen LogP contribution in [-0.4, -0.2) is 9.13 Å². The molecule has 0 fully saturated rings. The Morgan fingerprint density at radius 1 is 0.622 bits per heavy atom. The van der Waals surface area contributed by atoms with Gasteiger partial charge in [-0.1, -0.05) is 34.4 Å². The van der Waals surface area contributed by atoms with Gasteiger partial charge in [-0.25, -0.2) is 17.6 Å². The minimum atomic E-state index is -0.650. The molecule has 7 heteroatoms. The quantitative estimate of drug-likeness (QED) is 0.123. The van der Waals surface area contributed by atoms with Gasteiger partial charge >= 0.3 is 0 Å². The summed E-state index contributed by atoms with van der Waals surface area (Å²) in [5.41, 5.74) is 4.03. The minimum Gasteiger partial charge on any atom is -0.748 e. The van der Waals surface area contributed by atoms with E-state index < -0.39 is 23.3 Å². The van der Waals surface area contributed by atoms with Crippen molar-refractivity contribution in [3.63, 3.8) is 0 Å². The van der Waals surface area contributed by atoms with E-state index in [1.165, 1.54) is 24.3 Å². The van der Waals surface area contributed by atoms with Crippen LogP contribution in [0, 0.1) is 23.3 Å². The molecule has 4 aromatic carbocycles. The molecule has 0 aliphatic heterocycles. The fourth-order valence-corrected chi connectivity index (χ4v) is 4.04. The fourth-order valence-electron chi connectivity index (χ4n) is 4.04. The van der Waals surface area contributed by atoms with Gasteiger partial charge in [0.25, 0.3) is 0 Å². The second-order valence-corrected chi connectivity index (χ2v) is 8.12. The molecule has 2 aromatic heterocycles. The Hall–Kier alpha value is -3.87. The fraction of sp³-hybridized carbons (Fsp3) is 0. The molecule has 0 radical (unpaired) electrons. The molecule has 0 aliphatic carbocycles. The summed E-state index contributed by atoms with van der Waals surface area (Å²) in [4.78, 5) is 0. The Bertz CT molecular complexity index is 1470. The van der Waals surface area contributed by atoms with Gasteiger partial charge in [-0.2, -0.15) is 0 Å². The molecule has 0 saturated heterocycles. The first-order chi connectivity index (χ1) is 17.5. The molecular formula is C30H20F4N2Ti-6. The maximum absolute atomic E-state index is 14.1. The van der Waals surface area contributed by atoms with E-state index in [4.69, 9.17) is 0 Å². The van der Waals surface area contributed by atoms with Gasteiger partial charge in [0.15, 0.2) is 0 Å². The van der Waals surface area contributed by atoms with Crippen molar-refractivity contribution >= 4 is 0 Å². The van der Waals surface area contributed by atoms with Gasteiger partial charge in [0.05, 0.1) is 11.4 Å². The van der Waals surface area contributed by atoms with Gasteiger partial charge in [-0.05, 0) is 42.9 Å². The average molecular weight is 532 g/mol. The topological polar surface area (TPSA) is 9.86 Å². The summed E-state index contributed by atoms with van der Waals surface area (Å²) in [5, 5.41) is 0. The molecule has 0 saturated carbocycles. The monoisotopic (exact) mass is 532 g/mol. The van der Waals surface area contributed by atoms with Crippen molar-refractivity contribution in [2.24, 2.45) is 0 Å². The van der Waals surface area contributed by atoms with Gasteiger partial charge in [0.2, 0.25) is 0 Å². The first-order valence-corrected chi connectivity index (χ1v) is 11.2. The molecule has 2 heterocycles. The molecule has 0 aliphatic rings. The van der Waals surface area contributed by atoms with Crippen LogP contribution < -0.4 is 0 Å². The van der Waals surface area contributed by atoms with Crippen LogP contribution in [0.3, 0.4) is 0 Å². The van der Waals surface area contributed by atoms with E-state index in [0.717, 1.165) is 34.4 Å². The van der Waals surface area contributed by atoms with Gasteiger partial charge in [0, 0.05) is 40.0 Å². The summed E-state index contributed by atoms with van der Waals surface area (Å²) in [6.45, 7) is 0. The van der Waals surface area contributed by atoms with Gasteiger partial charge in [-0.15, -0.1) is 18.2 Å². The number of rotatable bonds is 4. The Morgan fingerprint density at radius 3 is 1.73 bits per heavy atom. The van der Waals surface area contributed by atoms with E-state index in [9.17, 15) is 17.6 Å². The van der Waals surface area contributed by atoms with Crippen LogP contribution in [0.15, 0.2) is 122 Å². The third kappa shape index (κ3) is 5.77. The van der Waals surface area contributed by atoms with E-state index in [1.807, 2.05) is 60.7 Å². The third-order valence-corrected chi connectivity index (χ3v) is 5.76. The summed E-state index contributed by atoms with van der Waals surface area (Å²) in [7, 11) is 0. The smallest absolute Gasteiger partial charge is 0.150 e. The minimum absolute atomic E-state index is 0. The van der Waals surface area contributed by atoms with Gasteiger partial charge < -0.3 is 39.5 Å². The second kappa shape index (κ2) is 11.5. The van der Waals surface area contributed by atoms with Crippen LogP contribution in [0.5, 0.6) is 0 Å². The maximum atomic E-state index is 14.1. The molecule has 0 spiro atoms. The van der Waals surface area contributed by atoms with Crippen molar-refractivity contribution in [3.8, 4) is 33.6 Å². The molecule has 6 aromatic rings. The molecule has 0 atom stereocenters. The Morgan fingerprint density at radius 2 is 1.16 bits per heavy atom. The standard InChI is InChI=1S/C25H15F4N2.C5H5.Ti/c26-18-4-6-24(22(28)12-18)30-10-8-16(14-30)20-2-1-3-21(20)17-9-11-31(15-17)25-7-5-19(27)13-23(25)29;1-2-4-5-3-1;/h1-15H;1-5H;/q-1;-5;. The van der Waals surface area contributed by atoms with Crippen LogP contribution in [0.1, 0.15) is 0 Å². The molecular weight excluding hydrogens is 512 g/mol. The maximum Gasteiger partial charge on any atom is 0.150 e. The summed E-state index contributed by atoms with van der Waals surface area (Å²) in [6, 6.07) is 26.4. The number of benzene rings is 2. The number of aromatic nitrogens is 2. The summed E-state index contributed by atoms with van der Waals surface area (Å²) >= 11 is 0. The van der Waals surface area contributed by atoms with Crippen molar-refractivity contribution in [3.05, 3.63) is 145 Å². The zero-order valence-electron chi connectivity index (χ0n) is 19.5. The first kappa shape index (κ1) is 26.2. The SMILES string of the molecule is Fc1ccc(-n2ccc(-c3ccc[c-]3-c3ccn(-c4ccc(F)cc4F)c3)c2)c(F)c1.[Ti].[cH-]1[cH-][cH-][cH-][cH-]1. The Balaban J connectivity index is 0.000000479. The molecule has 6 rings (SSSR count). The van der Waals surface area contributed by atoms with Crippen LogP contribution in [0.4, 0.5) is 17.6 Å². The van der Waals surface area contributed by atoms with Crippen LogP contribution >= 0.6 is 0 Å². The average Bonchev–Trinajstić information content (AvgIpc) is 3.67. The summed E-state index contributed by atoms with van der Waals surface area (Å²) < 4.78 is 57.9. The number of nitrogens with zero attached hydrogens (tertiary/aromatic N) is 2. The van der Waals surface area contributed by atoms with Crippen LogP contribution in [0.25, 0.3) is 33.6 Å². The molecule has 37 heavy (non-hydrogen) atoms. The van der Waals surface area contributed by atoms with Crippen molar-refractivity contribution < 1.29 is 39.3 Å². The van der Waals surface area contributed by atoms with Crippen molar-refractivity contribution in [2.75, 3.05) is 0 Å². The van der Waals surface area contributed by atoms with Crippen LogP contribution in [-0.2, 0) is 21.7 Å². The van der Waals surface area contributed by atoms with E-state index in [0.29, 0.717) is 0 Å². The van der Waals surface area contributed by atoms with E-state index in [-0.39, 0.29) is 33.1 Å². The van der Waals surface area contributed by atoms with Gasteiger partial charge in [-0.3, -0.25) is 0 Å². The van der Waals surface area contributed by atoms with Crippen molar-refractivity contribution in [2.45, 2.75) is 0 Å². The largest absolute Gasteiger partial charge is 0.748 e. The number of halogens is 4. The Kier molecular flexibility index (Phi) is 8.12. The molecule has 0 bridgehead atoms. The Labute approximate surface area is 226 Å². The van der Waals surface area contributed by atoms with E-state index in [2.05, 4.69) is 0 Å². The summed E-state index contributed by atoms with van der Waals surface area (Å²) in [6.07, 6.45) is 6.96. The molecule has 0 N–H and O–H groups in total. The summed E-state index contributed by atoms with van der Waals surface area (Å²) in [5.74, 6) is -2.56. The normalized spacial score (nSPS) is 10.5. The number of hydrogen-bond acceptors (Lipinski definition) is 0. The zero-order chi connectivity index (χ0) is 25.1. The van der Waals surface area contributed by atoms with E-state index >= 15 is 0 Å². The van der Waals surface area contributed by atoms with Crippen LogP contribution in [0.2, 0.25) is 0 Å². The molecule has 188 valence electrons. The molecule has 0 amide bonds. The number of hydrogen-bond donors (Lipinski definition) is 0. The predicted molar refractivity (Wildman–Crippen MR) is 133 cm³/mol. The van der Waals surface area contributed by atoms with Gasteiger partial charge in [0.1, 0.15) is 23.3 Å². The van der Waals surface area contributed by atoms with E-state index in [1.54, 1.807) is 33.9 Å². The molecule has 0 unspecified atom stereocenters. The second-order valence-electron chi connectivity index (χ2n) is 8.12.